The van der Waals surface area contributed by atoms with E-state index >= 15 is 0 Å². The van der Waals surface area contributed by atoms with Crippen molar-refractivity contribution < 1.29 is 9.21 Å². The first-order valence-electron chi connectivity index (χ1n) is 8.90. The van der Waals surface area contributed by atoms with E-state index in [0.29, 0.717) is 10.6 Å². The minimum Gasteiger partial charge on any atom is -0.451 e. The van der Waals surface area contributed by atoms with E-state index in [-0.39, 0.29) is 5.76 Å². The molecule has 0 spiro atoms. The first-order chi connectivity index (χ1) is 13.9. The van der Waals surface area contributed by atoms with Crippen LogP contribution < -0.4 is 5.43 Å². The van der Waals surface area contributed by atoms with Gasteiger partial charge in [0.05, 0.1) is 11.9 Å². The monoisotopic (exact) mass is 469 g/mol. The number of hydrazone groups is 1. The molecule has 2 heterocycles. The Hall–Kier alpha value is -2.83. The second kappa shape index (κ2) is 7.89. The highest BCUT2D eigenvalue weighted by Gasteiger charge is 2.13. The molecule has 1 N–H and O–H groups in total. The van der Waals surface area contributed by atoms with E-state index in [9.17, 15) is 4.79 Å². The van der Waals surface area contributed by atoms with Crippen molar-refractivity contribution in [2.45, 2.75) is 13.8 Å². The lowest BCUT2D eigenvalue weighted by Crippen LogP contribution is -2.16. The molecule has 0 aliphatic carbocycles. The molecule has 29 heavy (non-hydrogen) atoms. The molecule has 7 heteroatoms. The molecular weight excluding hydrogens is 454 g/mol. The molecule has 2 aromatic heterocycles. The number of nitrogens with one attached hydrogen (secondary N) is 1. The van der Waals surface area contributed by atoms with Crippen LogP contribution in [0.4, 0.5) is 0 Å². The van der Waals surface area contributed by atoms with Crippen LogP contribution >= 0.6 is 27.5 Å². The van der Waals surface area contributed by atoms with Crippen molar-refractivity contribution in [3.05, 3.63) is 86.8 Å². The minimum absolute atomic E-state index is 0.179. The maximum atomic E-state index is 12.3. The molecule has 2 aromatic carbocycles. The number of carbonyl (C=O) groups excluding carboxylic acids is 1. The Morgan fingerprint density at radius 1 is 1.17 bits per heavy atom. The number of carbonyl (C=O) groups is 1. The molecule has 0 saturated heterocycles. The standard InChI is InChI=1S/C22H17BrClN3O2/c1-13-9-16(14(2)27(13)19-6-4-3-5-18(19)23)12-25-26-22(28)21-11-15-10-17(24)7-8-20(15)29-21/h3-12H,1-2H3,(H,26,28)/b25-12+. The van der Waals surface area contributed by atoms with Gasteiger partial charge in [0.15, 0.2) is 5.76 Å². The number of hydrogen-bond donors (Lipinski definition) is 1. The zero-order valence-corrected chi connectivity index (χ0v) is 18.1. The summed E-state index contributed by atoms with van der Waals surface area (Å²) in [6, 6.07) is 16.9. The predicted octanol–water partition coefficient (Wildman–Crippen LogP) is 6.02. The summed E-state index contributed by atoms with van der Waals surface area (Å²) in [7, 11) is 0. The number of benzene rings is 2. The highest BCUT2D eigenvalue weighted by atomic mass is 79.9. The van der Waals surface area contributed by atoms with Crippen LogP contribution in [0.3, 0.4) is 0 Å². The third-order valence-electron chi connectivity index (χ3n) is 4.64. The van der Waals surface area contributed by atoms with E-state index in [4.69, 9.17) is 16.0 Å². The largest absolute Gasteiger partial charge is 0.451 e. The van der Waals surface area contributed by atoms with Gasteiger partial charge in [0.2, 0.25) is 0 Å². The molecule has 4 rings (SSSR count). The first kappa shape index (κ1) is 19.5. The summed E-state index contributed by atoms with van der Waals surface area (Å²) in [6.07, 6.45) is 1.63. The number of para-hydroxylation sites is 1. The van der Waals surface area contributed by atoms with Gasteiger partial charge in [-0.05, 0) is 72.2 Å². The number of fused-ring (bicyclic) bond motifs is 1. The molecule has 1 amide bonds. The smallest absolute Gasteiger partial charge is 0.307 e. The molecule has 0 radical (unpaired) electrons. The molecule has 0 unspecified atom stereocenters. The fraction of sp³-hybridized carbons (Fsp3) is 0.0909. The number of hydrogen-bond acceptors (Lipinski definition) is 3. The van der Waals surface area contributed by atoms with Gasteiger partial charge in [-0.1, -0.05) is 23.7 Å². The molecule has 4 aromatic rings. The molecule has 0 fully saturated rings. The summed E-state index contributed by atoms with van der Waals surface area (Å²) in [5, 5.41) is 5.46. The maximum Gasteiger partial charge on any atom is 0.307 e. The molecule has 0 atom stereocenters. The van der Waals surface area contributed by atoms with Crippen molar-refractivity contribution >= 4 is 50.6 Å². The zero-order chi connectivity index (χ0) is 20.5. The van der Waals surface area contributed by atoms with Crippen molar-refractivity contribution in [2.24, 2.45) is 5.10 Å². The fourth-order valence-electron chi connectivity index (χ4n) is 3.26. The summed E-state index contributed by atoms with van der Waals surface area (Å²) in [6.45, 7) is 4.04. The number of amides is 1. The van der Waals surface area contributed by atoms with Crippen LogP contribution in [-0.2, 0) is 0 Å². The van der Waals surface area contributed by atoms with Crippen LogP contribution in [0.25, 0.3) is 16.7 Å². The summed E-state index contributed by atoms with van der Waals surface area (Å²) < 4.78 is 8.69. The Bertz CT molecular complexity index is 1260. The average molecular weight is 471 g/mol. The molecule has 0 bridgehead atoms. The summed E-state index contributed by atoms with van der Waals surface area (Å²) in [4.78, 5) is 12.3. The predicted molar refractivity (Wildman–Crippen MR) is 119 cm³/mol. The fourth-order valence-corrected chi connectivity index (χ4v) is 3.91. The SMILES string of the molecule is Cc1cc(/C=N/NC(=O)c2cc3cc(Cl)ccc3o2)c(C)n1-c1ccccc1Br. The van der Waals surface area contributed by atoms with Crippen LogP contribution in [0.5, 0.6) is 0 Å². The Labute approximate surface area is 181 Å². The van der Waals surface area contributed by atoms with Crippen molar-refractivity contribution in [2.75, 3.05) is 0 Å². The highest BCUT2D eigenvalue weighted by molar-refractivity contribution is 9.10. The number of aryl methyl sites for hydroxylation is 1. The maximum absolute atomic E-state index is 12.3. The number of rotatable bonds is 4. The van der Waals surface area contributed by atoms with Crippen molar-refractivity contribution in [1.82, 2.24) is 9.99 Å². The van der Waals surface area contributed by atoms with Crippen LogP contribution in [-0.4, -0.2) is 16.7 Å². The number of furan rings is 1. The molecule has 0 saturated carbocycles. The van der Waals surface area contributed by atoms with Gasteiger partial charge in [-0.15, -0.1) is 0 Å². The summed E-state index contributed by atoms with van der Waals surface area (Å²) >= 11 is 9.57. The number of nitrogens with zero attached hydrogens (tertiary/aromatic N) is 2. The van der Waals surface area contributed by atoms with E-state index in [0.717, 1.165) is 32.5 Å². The van der Waals surface area contributed by atoms with Crippen LogP contribution in [0.15, 0.2) is 68.6 Å². The third kappa shape index (κ3) is 3.86. The second-order valence-corrected chi connectivity index (χ2v) is 7.90. The van der Waals surface area contributed by atoms with Gasteiger partial charge in [-0.25, -0.2) is 5.43 Å². The molecular formula is C22H17BrClN3O2. The van der Waals surface area contributed by atoms with E-state index in [2.05, 4.69) is 31.0 Å². The highest BCUT2D eigenvalue weighted by Crippen LogP contribution is 2.26. The van der Waals surface area contributed by atoms with Crippen molar-refractivity contribution in [3.8, 4) is 5.69 Å². The number of halogens is 2. The van der Waals surface area contributed by atoms with Gasteiger partial charge in [0.1, 0.15) is 5.58 Å². The molecule has 0 aliphatic rings. The normalized spacial score (nSPS) is 11.4. The van der Waals surface area contributed by atoms with E-state index in [1.165, 1.54) is 0 Å². The van der Waals surface area contributed by atoms with E-state index in [1.54, 1.807) is 30.5 Å². The van der Waals surface area contributed by atoms with Gasteiger partial charge in [-0.3, -0.25) is 4.79 Å². The lowest BCUT2D eigenvalue weighted by molar-refractivity contribution is 0.0929. The minimum atomic E-state index is -0.423. The second-order valence-electron chi connectivity index (χ2n) is 6.61. The van der Waals surface area contributed by atoms with Crippen LogP contribution in [0.1, 0.15) is 27.5 Å². The molecule has 5 nitrogen and oxygen atoms in total. The Morgan fingerprint density at radius 3 is 2.76 bits per heavy atom. The van der Waals surface area contributed by atoms with Crippen molar-refractivity contribution in [3.63, 3.8) is 0 Å². The van der Waals surface area contributed by atoms with Crippen LogP contribution in [0.2, 0.25) is 5.02 Å². The van der Waals surface area contributed by atoms with Gasteiger partial charge in [0, 0.05) is 31.8 Å². The zero-order valence-electron chi connectivity index (χ0n) is 15.7. The van der Waals surface area contributed by atoms with E-state index in [1.807, 2.05) is 44.2 Å². The Morgan fingerprint density at radius 2 is 1.97 bits per heavy atom. The van der Waals surface area contributed by atoms with Gasteiger partial charge in [-0.2, -0.15) is 5.10 Å². The summed E-state index contributed by atoms with van der Waals surface area (Å²) in [5.41, 5.74) is 7.16. The Kier molecular flexibility index (Phi) is 5.30. The van der Waals surface area contributed by atoms with Gasteiger partial charge in [0.25, 0.3) is 0 Å². The Balaban J connectivity index is 1.54. The first-order valence-corrected chi connectivity index (χ1v) is 10.1. The van der Waals surface area contributed by atoms with Gasteiger partial charge < -0.3 is 8.98 Å². The van der Waals surface area contributed by atoms with Crippen molar-refractivity contribution in [1.29, 1.82) is 0 Å². The average Bonchev–Trinajstić information content (AvgIpc) is 3.23. The lowest BCUT2D eigenvalue weighted by atomic mass is 10.2. The number of aromatic nitrogens is 1. The third-order valence-corrected chi connectivity index (χ3v) is 5.54. The summed E-state index contributed by atoms with van der Waals surface area (Å²) in [5.74, 6) is -0.244. The van der Waals surface area contributed by atoms with E-state index < -0.39 is 5.91 Å². The lowest BCUT2D eigenvalue weighted by Gasteiger charge is -2.11. The molecule has 0 aliphatic heterocycles. The van der Waals surface area contributed by atoms with Crippen LogP contribution in [0, 0.1) is 13.8 Å². The topological polar surface area (TPSA) is 59.5 Å². The van der Waals surface area contributed by atoms with Gasteiger partial charge >= 0.3 is 5.91 Å². The molecule has 146 valence electrons. The quantitative estimate of drug-likeness (QED) is 0.293.